The molecule has 1 atom stereocenters. The molecule has 0 spiro atoms. The predicted molar refractivity (Wildman–Crippen MR) is 135 cm³/mol. The first-order chi connectivity index (χ1) is 16.1. The maximum Gasteiger partial charge on any atom is 0.321 e. The number of carbonyl (C=O) groups excluding carboxylic acids is 2. The summed E-state index contributed by atoms with van der Waals surface area (Å²) in [4.78, 5) is 28.6. The predicted octanol–water partition coefficient (Wildman–Crippen LogP) is 5.75. The second-order valence-electron chi connectivity index (χ2n) is 8.24. The molecule has 5 nitrogen and oxygen atoms in total. The Morgan fingerprint density at radius 3 is 2.55 bits per heavy atom. The Morgan fingerprint density at radius 1 is 1.00 bits per heavy atom. The molecule has 3 amide bonds. The normalized spacial score (nSPS) is 15.7. The van der Waals surface area contributed by atoms with Crippen molar-refractivity contribution in [3.8, 4) is 0 Å². The zero-order valence-electron chi connectivity index (χ0n) is 18.8. The molecule has 0 bridgehead atoms. The number of anilines is 1. The molecular formula is C27H29N3O2S. The summed E-state index contributed by atoms with van der Waals surface area (Å²) in [6.07, 6.45) is 3.99. The van der Waals surface area contributed by atoms with E-state index in [1.54, 1.807) is 11.8 Å². The van der Waals surface area contributed by atoms with Crippen LogP contribution in [-0.4, -0.2) is 36.2 Å². The van der Waals surface area contributed by atoms with Crippen LogP contribution in [0.5, 0.6) is 0 Å². The number of nitrogens with zero attached hydrogens (tertiary/aromatic N) is 1. The van der Waals surface area contributed by atoms with Gasteiger partial charge in [0.05, 0.1) is 0 Å². The van der Waals surface area contributed by atoms with Crippen LogP contribution in [-0.2, 0) is 6.54 Å². The third-order valence-electron chi connectivity index (χ3n) is 5.97. The van der Waals surface area contributed by atoms with Crippen LogP contribution in [0.4, 0.5) is 10.5 Å². The number of para-hydroxylation sites is 1. The van der Waals surface area contributed by atoms with Gasteiger partial charge in [0.1, 0.15) is 0 Å². The Kier molecular flexibility index (Phi) is 7.68. The number of hydrogen-bond donors (Lipinski definition) is 2. The van der Waals surface area contributed by atoms with Gasteiger partial charge < -0.3 is 15.5 Å². The molecule has 0 aliphatic carbocycles. The number of likely N-dealkylation sites (tertiary alicyclic amines) is 1. The Morgan fingerprint density at radius 2 is 1.79 bits per heavy atom. The molecule has 0 radical (unpaired) electrons. The number of benzene rings is 3. The fourth-order valence-corrected chi connectivity index (χ4v) is 4.53. The number of thioether (sulfide) groups is 1. The number of amides is 3. The third kappa shape index (κ3) is 6.17. The van der Waals surface area contributed by atoms with E-state index in [0.717, 1.165) is 36.2 Å². The van der Waals surface area contributed by atoms with Crippen molar-refractivity contribution in [2.24, 2.45) is 0 Å². The molecule has 0 aromatic heterocycles. The fraction of sp³-hybridized carbons (Fsp3) is 0.259. The minimum absolute atomic E-state index is 0.0766. The van der Waals surface area contributed by atoms with Gasteiger partial charge >= 0.3 is 6.03 Å². The first kappa shape index (κ1) is 22.9. The highest BCUT2D eigenvalue weighted by Gasteiger charge is 2.25. The standard InChI is InChI=1S/C27H29N3O2S/c1-33-25-14-12-20(13-15-25)18-28-26(31)22-8-5-7-21(17-22)23-9-6-16-30(19-23)27(32)29-24-10-3-2-4-11-24/h2-5,7-8,10-15,17,23H,6,9,16,18-19H2,1H3,(H,28,31)(H,29,32)/t23-/m1/s1. The smallest absolute Gasteiger partial charge is 0.321 e. The lowest BCUT2D eigenvalue weighted by Gasteiger charge is -2.33. The minimum Gasteiger partial charge on any atom is -0.348 e. The van der Waals surface area contributed by atoms with Crippen molar-refractivity contribution in [1.29, 1.82) is 0 Å². The largest absolute Gasteiger partial charge is 0.348 e. The van der Waals surface area contributed by atoms with Gasteiger partial charge in [0.15, 0.2) is 0 Å². The van der Waals surface area contributed by atoms with E-state index < -0.39 is 0 Å². The topological polar surface area (TPSA) is 61.4 Å². The molecule has 3 aromatic rings. The van der Waals surface area contributed by atoms with Gasteiger partial charge in [-0.25, -0.2) is 4.79 Å². The Hall–Kier alpha value is -3.25. The summed E-state index contributed by atoms with van der Waals surface area (Å²) in [6, 6.07) is 25.5. The average Bonchev–Trinajstić information content (AvgIpc) is 2.88. The van der Waals surface area contributed by atoms with Crippen molar-refractivity contribution < 1.29 is 9.59 Å². The van der Waals surface area contributed by atoms with E-state index in [1.807, 2.05) is 71.8 Å². The highest BCUT2D eigenvalue weighted by molar-refractivity contribution is 7.98. The Bertz CT molecular complexity index is 1090. The van der Waals surface area contributed by atoms with Crippen molar-refractivity contribution in [3.63, 3.8) is 0 Å². The lowest BCUT2D eigenvalue weighted by atomic mass is 9.89. The molecule has 170 valence electrons. The summed E-state index contributed by atoms with van der Waals surface area (Å²) in [5.74, 6) is 0.132. The van der Waals surface area contributed by atoms with Crippen LogP contribution in [0.2, 0.25) is 0 Å². The quantitative estimate of drug-likeness (QED) is 0.462. The van der Waals surface area contributed by atoms with Gasteiger partial charge in [-0.2, -0.15) is 0 Å². The van der Waals surface area contributed by atoms with Crippen LogP contribution in [0.3, 0.4) is 0 Å². The number of rotatable bonds is 6. The molecule has 1 saturated heterocycles. The van der Waals surface area contributed by atoms with Gasteiger partial charge in [0.2, 0.25) is 0 Å². The molecule has 1 heterocycles. The molecule has 0 saturated carbocycles. The van der Waals surface area contributed by atoms with E-state index in [1.165, 1.54) is 4.90 Å². The summed E-state index contributed by atoms with van der Waals surface area (Å²) in [7, 11) is 0. The molecule has 33 heavy (non-hydrogen) atoms. The molecule has 1 fully saturated rings. The van der Waals surface area contributed by atoms with Crippen LogP contribution in [0.15, 0.2) is 83.8 Å². The molecule has 1 aliphatic heterocycles. The average molecular weight is 460 g/mol. The molecule has 6 heteroatoms. The van der Waals surface area contributed by atoms with E-state index in [9.17, 15) is 9.59 Å². The van der Waals surface area contributed by atoms with E-state index in [0.29, 0.717) is 18.7 Å². The summed E-state index contributed by atoms with van der Waals surface area (Å²) in [6.45, 7) is 1.88. The Labute approximate surface area is 199 Å². The van der Waals surface area contributed by atoms with Gasteiger partial charge in [0.25, 0.3) is 5.91 Å². The monoisotopic (exact) mass is 459 g/mol. The number of piperidine rings is 1. The molecule has 0 unspecified atom stereocenters. The van der Waals surface area contributed by atoms with Gasteiger partial charge in [-0.1, -0.05) is 42.5 Å². The van der Waals surface area contributed by atoms with Crippen LogP contribution in [0.1, 0.15) is 40.2 Å². The lowest BCUT2D eigenvalue weighted by molar-refractivity contribution is 0.0950. The number of carbonyl (C=O) groups is 2. The number of hydrogen-bond acceptors (Lipinski definition) is 3. The maximum absolute atomic E-state index is 12.8. The number of nitrogens with one attached hydrogen (secondary N) is 2. The summed E-state index contributed by atoms with van der Waals surface area (Å²) >= 11 is 1.70. The minimum atomic E-state index is -0.0831. The molecular weight excluding hydrogens is 430 g/mol. The van der Waals surface area contributed by atoms with Crippen LogP contribution in [0.25, 0.3) is 0 Å². The first-order valence-electron chi connectivity index (χ1n) is 11.2. The molecule has 4 rings (SSSR count). The van der Waals surface area contributed by atoms with E-state index in [2.05, 4.69) is 28.8 Å². The van der Waals surface area contributed by atoms with E-state index in [4.69, 9.17) is 0 Å². The fourth-order valence-electron chi connectivity index (χ4n) is 4.12. The highest BCUT2D eigenvalue weighted by Crippen LogP contribution is 2.28. The van der Waals surface area contributed by atoms with E-state index in [-0.39, 0.29) is 17.9 Å². The van der Waals surface area contributed by atoms with Crippen molar-refractivity contribution in [2.75, 3.05) is 24.7 Å². The van der Waals surface area contributed by atoms with E-state index >= 15 is 0 Å². The highest BCUT2D eigenvalue weighted by atomic mass is 32.2. The molecule has 2 N–H and O–H groups in total. The Balaban J connectivity index is 1.36. The van der Waals surface area contributed by atoms with Gasteiger partial charge in [-0.15, -0.1) is 11.8 Å². The summed E-state index contributed by atoms with van der Waals surface area (Å²) < 4.78 is 0. The van der Waals surface area contributed by atoms with Crippen molar-refractivity contribution in [1.82, 2.24) is 10.2 Å². The summed E-state index contributed by atoms with van der Waals surface area (Å²) in [5, 5.41) is 5.99. The SMILES string of the molecule is CSc1ccc(CNC(=O)c2cccc([C@@H]3CCCN(C(=O)Nc4ccccc4)C3)c2)cc1. The van der Waals surface area contributed by atoms with Crippen LogP contribution >= 0.6 is 11.8 Å². The number of urea groups is 1. The third-order valence-corrected chi connectivity index (χ3v) is 6.71. The second-order valence-corrected chi connectivity index (χ2v) is 9.12. The first-order valence-corrected chi connectivity index (χ1v) is 12.5. The van der Waals surface area contributed by atoms with Gasteiger partial charge in [-0.3, -0.25) is 4.79 Å². The van der Waals surface area contributed by atoms with Crippen molar-refractivity contribution in [3.05, 3.63) is 95.6 Å². The van der Waals surface area contributed by atoms with Gasteiger partial charge in [0, 0.05) is 41.7 Å². The lowest BCUT2D eigenvalue weighted by Crippen LogP contribution is -2.41. The van der Waals surface area contributed by atoms with Crippen LogP contribution < -0.4 is 10.6 Å². The van der Waals surface area contributed by atoms with Crippen molar-refractivity contribution >= 4 is 29.4 Å². The zero-order valence-corrected chi connectivity index (χ0v) is 19.6. The molecule has 3 aromatic carbocycles. The van der Waals surface area contributed by atoms with Crippen molar-refractivity contribution in [2.45, 2.75) is 30.2 Å². The zero-order chi connectivity index (χ0) is 23.0. The summed E-state index contributed by atoms with van der Waals surface area (Å²) in [5.41, 5.74) is 3.62. The van der Waals surface area contributed by atoms with Gasteiger partial charge in [-0.05, 0) is 66.6 Å². The van der Waals surface area contributed by atoms with Crippen LogP contribution in [0, 0.1) is 0 Å². The second kappa shape index (κ2) is 11.1. The molecule has 1 aliphatic rings. The maximum atomic E-state index is 12.8.